The molecule has 0 N–H and O–H groups in total. The smallest absolute Gasteiger partial charge is 0.0169 e. The second-order valence-electron chi connectivity index (χ2n) is 6.10. The van der Waals surface area contributed by atoms with Crippen LogP contribution in [0, 0.1) is 0 Å². The van der Waals surface area contributed by atoms with Gasteiger partial charge in [-0.15, -0.1) is 0 Å². The summed E-state index contributed by atoms with van der Waals surface area (Å²) in [5, 5.41) is 0. The summed E-state index contributed by atoms with van der Waals surface area (Å²) in [6, 6.07) is 19.4. The van der Waals surface area contributed by atoms with Gasteiger partial charge < -0.3 is 0 Å². The van der Waals surface area contributed by atoms with Gasteiger partial charge in [0.2, 0.25) is 0 Å². The van der Waals surface area contributed by atoms with Crippen molar-refractivity contribution in [2.75, 3.05) is 19.6 Å². The van der Waals surface area contributed by atoms with Crippen molar-refractivity contribution < 1.29 is 0 Å². The first-order chi connectivity index (χ1) is 11.3. The van der Waals surface area contributed by atoms with Crippen molar-refractivity contribution >= 4 is 5.57 Å². The van der Waals surface area contributed by atoms with Crippen molar-refractivity contribution in [2.45, 2.75) is 33.6 Å². The third-order valence-corrected chi connectivity index (χ3v) is 4.17. The molecule has 0 aromatic heterocycles. The maximum atomic E-state index is 2.54. The van der Waals surface area contributed by atoms with Crippen molar-refractivity contribution in [3.8, 4) is 11.1 Å². The predicted molar refractivity (Wildman–Crippen MR) is 103 cm³/mol. The second kappa shape index (κ2) is 9.32. The van der Waals surface area contributed by atoms with E-state index in [0.29, 0.717) is 0 Å². The van der Waals surface area contributed by atoms with Crippen molar-refractivity contribution in [1.29, 1.82) is 0 Å². The Balaban J connectivity index is 2.22. The molecular weight excluding hydrogens is 278 g/mol. The lowest BCUT2D eigenvalue weighted by molar-refractivity contribution is 0.304. The molecule has 122 valence electrons. The van der Waals surface area contributed by atoms with Gasteiger partial charge in [0, 0.05) is 6.54 Å². The minimum absolute atomic E-state index is 1.04. The van der Waals surface area contributed by atoms with E-state index in [1.807, 2.05) is 0 Å². The summed E-state index contributed by atoms with van der Waals surface area (Å²) in [5.41, 5.74) is 5.31. The van der Waals surface area contributed by atoms with Crippen LogP contribution in [0.2, 0.25) is 0 Å². The highest BCUT2D eigenvalue weighted by Gasteiger charge is 2.06. The summed E-state index contributed by atoms with van der Waals surface area (Å²) >= 11 is 0. The molecule has 2 aromatic carbocycles. The van der Waals surface area contributed by atoms with Crippen molar-refractivity contribution in [2.24, 2.45) is 0 Å². The Bertz CT molecular complexity index is 607. The van der Waals surface area contributed by atoms with E-state index in [2.05, 4.69) is 86.3 Å². The number of rotatable bonds is 8. The molecule has 2 aromatic rings. The van der Waals surface area contributed by atoms with E-state index in [1.54, 1.807) is 0 Å². The lowest BCUT2D eigenvalue weighted by Gasteiger charge is -2.19. The highest BCUT2D eigenvalue weighted by Crippen LogP contribution is 2.28. The van der Waals surface area contributed by atoms with E-state index in [4.69, 9.17) is 0 Å². The van der Waals surface area contributed by atoms with Crippen LogP contribution in [0.1, 0.15) is 39.2 Å². The number of benzene rings is 2. The number of allylic oxidation sites excluding steroid dienone is 1. The van der Waals surface area contributed by atoms with Gasteiger partial charge in [-0.3, -0.25) is 4.90 Å². The Morgan fingerprint density at radius 2 is 1.48 bits per heavy atom. The highest BCUT2D eigenvalue weighted by atomic mass is 15.1. The van der Waals surface area contributed by atoms with Crippen LogP contribution >= 0.6 is 0 Å². The van der Waals surface area contributed by atoms with E-state index in [9.17, 15) is 0 Å². The van der Waals surface area contributed by atoms with Crippen molar-refractivity contribution in [3.63, 3.8) is 0 Å². The number of hydrogen-bond donors (Lipinski definition) is 0. The molecule has 0 fully saturated rings. The van der Waals surface area contributed by atoms with Gasteiger partial charge in [-0.1, -0.05) is 74.5 Å². The van der Waals surface area contributed by atoms with Gasteiger partial charge in [0.25, 0.3) is 0 Å². The summed E-state index contributed by atoms with van der Waals surface area (Å²) in [6.45, 7) is 10.1. The van der Waals surface area contributed by atoms with Crippen LogP contribution in [0.5, 0.6) is 0 Å². The Labute approximate surface area is 141 Å². The summed E-state index contributed by atoms with van der Waals surface area (Å²) in [6.07, 6.45) is 4.81. The first kappa shape index (κ1) is 17.5. The molecule has 0 saturated carbocycles. The van der Waals surface area contributed by atoms with E-state index in [-0.39, 0.29) is 0 Å². The summed E-state index contributed by atoms with van der Waals surface area (Å²) in [7, 11) is 0. The van der Waals surface area contributed by atoms with Gasteiger partial charge >= 0.3 is 0 Å². The second-order valence-corrected chi connectivity index (χ2v) is 6.10. The Kier molecular flexibility index (Phi) is 7.09. The fourth-order valence-corrected chi connectivity index (χ4v) is 3.00. The molecule has 0 bridgehead atoms. The fraction of sp³-hybridized carbons (Fsp3) is 0.364. The summed E-state index contributed by atoms with van der Waals surface area (Å²) in [5.74, 6) is 0. The number of nitrogens with zero attached hydrogens (tertiary/aromatic N) is 1. The van der Waals surface area contributed by atoms with E-state index in [0.717, 1.165) is 6.54 Å². The fourth-order valence-electron chi connectivity index (χ4n) is 3.00. The molecule has 0 unspecified atom stereocenters. The van der Waals surface area contributed by atoms with Crippen LogP contribution in [0.3, 0.4) is 0 Å². The van der Waals surface area contributed by atoms with Crippen molar-refractivity contribution in [1.82, 2.24) is 4.90 Å². The zero-order valence-electron chi connectivity index (χ0n) is 14.8. The maximum absolute atomic E-state index is 2.54. The number of hydrogen-bond acceptors (Lipinski definition) is 1. The quantitative estimate of drug-likeness (QED) is 0.588. The molecule has 0 spiro atoms. The first-order valence-electron chi connectivity index (χ1n) is 8.80. The van der Waals surface area contributed by atoms with Gasteiger partial charge in [-0.2, -0.15) is 0 Å². The van der Waals surface area contributed by atoms with Crippen LogP contribution in [0.25, 0.3) is 16.7 Å². The Morgan fingerprint density at radius 3 is 2.13 bits per heavy atom. The van der Waals surface area contributed by atoms with Gasteiger partial charge in [0.15, 0.2) is 0 Å². The molecule has 0 heterocycles. The van der Waals surface area contributed by atoms with E-state index >= 15 is 0 Å². The molecule has 1 heteroatoms. The molecule has 0 aliphatic heterocycles. The molecule has 0 amide bonds. The Hall–Kier alpha value is -1.86. The predicted octanol–water partition coefficient (Wildman–Crippen LogP) is 5.88. The molecule has 0 aliphatic carbocycles. The van der Waals surface area contributed by atoms with Gasteiger partial charge in [0.05, 0.1) is 0 Å². The average Bonchev–Trinajstić information content (AvgIpc) is 2.60. The maximum Gasteiger partial charge on any atom is 0.0169 e. The largest absolute Gasteiger partial charge is 0.300 e. The van der Waals surface area contributed by atoms with E-state index < -0.39 is 0 Å². The monoisotopic (exact) mass is 307 g/mol. The topological polar surface area (TPSA) is 3.24 Å². The minimum Gasteiger partial charge on any atom is -0.300 e. The zero-order chi connectivity index (χ0) is 16.5. The molecule has 0 saturated heterocycles. The summed E-state index contributed by atoms with van der Waals surface area (Å²) in [4.78, 5) is 2.54. The molecule has 0 atom stereocenters. The first-order valence-corrected chi connectivity index (χ1v) is 8.80. The minimum atomic E-state index is 1.04. The highest BCUT2D eigenvalue weighted by molar-refractivity contribution is 5.80. The molecule has 1 nitrogen and oxygen atoms in total. The average molecular weight is 307 g/mol. The molecule has 2 rings (SSSR count). The lowest BCUT2D eigenvalue weighted by atomic mass is 9.95. The van der Waals surface area contributed by atoms with E-state index in [1.165, 1.54) is 48.2 Å². The summed E-state index contributed by atoms with van der Waals surface area (Å²) < 4.78 is 0. The normalized spacial score (nSPS) is 11.9. The third-order valence-electron chi connectivity index (χ3n) is 4.17. The van der Waals surface area contributed by atoms with Crippen LogP contribution in [-0.2, 0) is 0 Å². The van der Waals surface area contributed by atoms with Gasteiger partial charge in [-0.25, -0.2) is 0 Å². The van der Waals surface area contributed by atoms with Gasteiger partial charge in [0.1, 0.15) is 0 Å². The molecular formula is C22H29N. The zero-order valence-corrected chi connectivity index (χ0v) is 14.8. The van der Waals surface area contributed by atoms with Gasteiger partial charge in [-0.05, 0) is 55.1 Å². The van der Waals surface area contributed by atoms with Crippen LogP contribution in [0.4, 0.5) is 0 Å². The lowest BCUT2D eigenvalue weighted by Crippen LogP contribution is -2.25. The standard InChI is InChI=1S/C22H29N/c1-4-16-23(17-5-2)18-15-19(3)21-13-9-10-14-22(21)20-11-7-6-8-12-20/h6-15H,4-5,16-18H2,1-3H3. The van der Waals surface area contributed by atoms with Crippen LogP contribution in [-0.4, -0.2) is 24.5 Å². The van der Waals surface area contributed by atoms with Crippen LogP contribution < -0.4 is 0 Å². The van der Waals surface area contributed by atoms with Crippen LogP contribution in [0.15, 0.2) is 60.7 Å². The third kappa shape index (κ3) is 5.07. The molecule has 23 heavy (non-hydrogen) atoms. The molecule has 0 aliphatic rings. The SMILES string of the molecule is CCCN(CC=C(C)c1ccccc1-c1ccccc1)CCC. The Morgan fingerprint density at radius 1 is 0.870 bits per heavy atom. The van der Waals surface area contributed by atoms with Crippen molar-refractivity contribution in [3.05, 3.63) is 66.2 Å². The molecule has 0 radical (unpaired) electrons.